The Balaban J connectivity index is 2.97. The molecule has 1 aromatic heterocycles. The van der Waals surface area contributed by atoms with Crippen molar-refractivity contribution in [3.8, 4) is 0 Å². The number of hydrogen-bond acceptors (Lipinski definition) is 5. The number of rotatable bonds is 9. The molecule has 0 radical (unpaired) electrons. The summed E-state index contributed by atoms with van der Waals surface area (Å²) in [5, 5.41) is 9.28. The number of carboxylic acids is 1. The van der Waals surface area contributed by atoms with Gasteiger partial charge in [-0.3, -0.25) is 0 Å². The summed E-state index contributed by atoms with van der Waals surface area (Å²) in [6.45, 7) is 4.25. The molecule has 0 fully saturated rings. The summed E-state index contributed by atoms with van der Waals surface area (Å²) in [6, 6.07) is 3.30. The van der Waals surface area contributed by atoms with Crippen LogP contribution in [0, 0.1) is 6.92 Å². The summed E-state index contributed by atoms with van der Waals surface area (Å²) in [6.07, 6.45) is 0.800. The molecule has 112 valence electrons. The Morgan fingerprint density at radius 2 is 1.95 bits per heavy atom. The predicted molar refractivity (Wildman–Crippen MR) is 76.5 cm³/mol. The summed E-state index contributed by atoms with van der Waals surface area (Å²) in [5.74, 6) is -0.479. The summed E-state index contributed by atoms with van der Waals surface area (Å²) >= 11 is 0. The third kappa shape index (κ3) is 4.79. The minimum absolute atomic E-state index is 0.212. The molecular weight excluding hydrogens is 260 g/mol. The van der Waals surface area contributed by atoms with Gasteiger partial charge in [0.05, 0.1) is 6.61 Å². The number of ether oxygens (including phenoxy) is 2. The minimum atomic E-state index is -0.971. The number of aromatic nitrogens is 1. The predicted octanol–water partition coefficient (Wildman–Crippen LogP) is 1.58. The molecule has 0 aromatic carbocycles. The zero-order chi connectivity index (χ0) is 15.0. The fourth-order valence-corrected chi connectivity index (χ4v) is 1.88. The monoisotopic (exact) mass is 282 g/mol. The smallest absolute Gasteiger partial charge is 0.339 e. The number of aryl methyl sites for hydroxylation is 1. The molecule has 1 rings (SSSR count). The molecule has 6 heteroatoms. The third-order valence-electron chi connectivity index (χ3n) is 2.89. The van der Waals surface area contributed by atoms with Gasteiger partial charge in [-0.05, 0) is 25.5 Å². The van der Waals surface area contributed by atoms with E-state index in [2.05, 4.69) is 4.98 Å². The van der Waals surface area contributed by atoms with E-state index in [0.717, 1.165) is 12.1 Å². The molecule has 1 aromatic rings. The standard InChI is InChI=1S/C14H22N2O4/c1-11-5-6-12(14(17)18)13(15-11)16(8-10-20-3)7-4-9-19-2/h5-6H,4,7-10H2,1-3H3,(H,17,18). The average Bonchev–Trinajstić information content (AvgIpc) is 2.42. The van der Waals surface area contributed by atoms with Gasteiger partial charge in [-0.2, -0.15) is 0 Å². The number of pyridine rings is 1. The van der Waals surface area contributed by atoms with E-state index in [1.54, 1.807) is 26.4 Å². The number of carbonyl (C=O) groups is 1. The Morgan fingerprint density at radius 1 is 1.25 bits per heavy atom. The van der Waals surface area contributed by atoms with Crippen LogP contribution >= 0.6 is 0 Å². The zero-order valence-corrected chi connectivity index (χ0v) is 12.3. The van der Waals surface area contributed by atoms with Crippen LogP contribution in [-0.2, 0) is 9.47 Å². The second-order valence-corrected chi connectivity index (χ2v) is 4.46. The quantitative estimate of drug-likeness (QED) is 0.693. The lowest BCUT2D eigenvalue weighted by atomic mass is 10.2. The molecular formula is C14H22N2O4. The van der Waals surface area contributed by atoms with Gasteiger partial charge in [0.1, 0.15) is 11.4 Å². The fourth-order valence-electron chi connectivity index (χ4n) is 1.88. The van der Waals surface area contributed by atoms with Crippen LogP contribution in [0.1, 0.15) is 22.5 Å². The van der Waals surface area contributed by atoms with E-state index >= 15 is 0 Å². The van der Waals surface area contributed by atoms with Crippen molar-refractivity contribution < 1.29 is 19.4 Å². The molecule has 0 aliphatic carbocycles. The first-order valence-corrected chi connectivity index (χ1v) is 6.54. The Bertz CT molecular complexity index is 437. The minimum Gasteiger partial charge on any atom is -0.478 e. The molecule has 6 nitrogen and oxygen atoms in total. The van der Waals surface area contributed by atoms with Crippen LogP contribution in [0.2, 0.25) is 0 Å². The normalized spacial score (nSPS) is 10.6. The molecule has 0 saturated heterocycles. The maximum absolute atomic E-state index is 11.3. The molecule has 0 amide bonds. The van der Waals surface area contributed by atoms with Crippen LogP contribution < -0.4 is 4.90 Å². The molecule has 0 atom stereocenters. The third-order valence-corrected chi connectivity index (χ3v) is 2.89. The number of hydrogen-bond donors (Lipinski definition) is 1. The highest BCUT2D eigenvalue weighted by Gasteiger charge is 2.17. The van der Waals surface area contributed by atoms with Gasteiger partial charge in [0.25, 0.3) is 0 Å². The summed E-state index contributed by atoms with van der Waals surface area (Å²) < 4.78 is 10.1. The first-order valence-electron chi connectivity index (χ1n) is 6.54. The Morgan fingerprint density at radius 3 is 2.55 bits per heavy atom. The van der Waals surface area contributed by atoms with Gasteiger partial charge in [-0.15, -0.1) is 0 Å². The molecule has 0 aliphatic rings. The van der Waals surface area contributed by atoms with Gasteiger partial charge in [0, 0.05) is 39.6 Å². The van der Waals surface area contributed by atoms with Crippen LogP contribution in [-0.4, -0.2) is 56.6 Å². The van der Waals surface area contributed by atoms with E-state index in [-0.39, 0.29) is 5.56 Å². The summed E-state index contributed by atoms with van der Waals surface area (Å²) in [5.41, 5.74) is 1.00. The van der Waals surface area contributed by atoms with Crippen LogP contribution in [0.25, 0.3) is 0 Å². The van der Waals surface area contributed by atoms with Crippen molar-refractivity contribution >= 4 is 11.8 Å². The van der Waals surface area contributed by atoms with Crippen molar-refractivity contribution in [2.75, 3.05) is 45.4 Å². The van der Waals surface area contributed by atoms with Gasteiger partial charge in [-0.25, -0.2) is 9.78 Å². The van der Waals surface area contributed by atoms with Crippen LogP contribution in [0.4, 0.5) is 5.82 Å². The lowest BCUT2D eigenvalue weighted by molar-refractivity contribution is 0.0697. The zero-order valence-electron chi connectivity index (χ0n) is 12.3. The van der Waals surface area contributed by atoms with Crippen molar-refractivity contribution in [1.82, 2.24) is 4.98 Å². The first-order chi connectivity index (χ1) is 9.60. The Labute approximate surface area is 119 Å². The van der Waals surface area contributed by atoms with Crippen LogP contribution in [0.5, 0.6) is 0 Å². The topological polar surface area (TPSA) is 71.9 Å². The highest BCUT2D eigenvalue weighted by molar-refractivity contribution is 5.93. The Kier molecular flexibility index (Phi) is 6.97. The fraction of sp³-hybridized carbons (Fsp3) is 0.571. The highest BCUT2D eigenvalue weighted by atomic mass is 16.5. The van der Waals surface area contributed by atoms with Crippen molar-refractivity contribution in [2.24, 2.45) is 0 Å². The molecule has 20 heavy (non-hydrogen) atoms. The number of nitrogens with zero attached hydrogens (tertiary/aromatic N) is 2. The number of carboxylic acid groups (broad SMARTS) is 1. The molecule has 0 aliphatic heterocycles. The van der Waals surface area contributed by atoms with E-state index < -0.39 is 5.97 Å². The first kappa shape index (κ1) is 16.4. The summed E-state index contributed by atoms with van der Waals surface area (Å²) in [4.78, 5) is 17.6. The van der Waals surface area contributed by atoms with Gasteiger partial charge in [-0.1, -0.05) is 0 Å². The second-order valence-electron chi connectivity index (χ2n) is 4.46. The maximum Gasteiger partial charge on any atom is 0.339 e. The van der Waals surface area contributed by atoms with Crippen LogP contribution in [0.3, 0.4) is 0 Å². The van der Waals surface area contributed by atoms with Crippen molar-refractivity contribution in [2.45, 2.75) is 13.3 Å². The van der Waals surface area contributed by atoms with Gasteiger partial charge < -0.3 is 19.5 Å². The van der Waals surface area contributed by atoms with Gasteiger partial charge in [0.2, 0.25) is 0 Å². The van der Waals surface area contributed by atoms with E-state index in [1.807, 2.05) is 11.8 Å². The molecule has 0 saturated carbocycles. The highest BCUT2D eigenvalue weighted by Crippen LogP contribution is 2.19. The van der Waals surface area contributed by atoms with E-state index in [9.17, 15) is 9.90 Å². The second kappa shape index (κ2) is 8.50. The lowest BCUT2D eigenvalue weighted by Gasteiger charge is -2.25. The Hall–Kier alpha value is -1.66. The molecule has 1 heterocycles. The van der Waals surface area contributed by atoms with Crippen molar-refractivity contribution in [1.29, 1.82) is 0 Å². The van der Waals surface area contributed by atoms with Gasteiger partial charge in [0.15, 0.2) is 0 Å². The molecule has 0 spiro atoms. The van der Waals surface area contributed by atoms with E-state index in [1.165, 1.54) is 0 Å². The number of aromatic carboxylic acids is 1. The van der Waals surface area contributed by atoms with Gasteiger partial charge >= 0.3 is 5.97 Å². The van der Waals surface area contributed by atoms with Crippen LogP contribution in [0.15, 0.2) is 12.1 Å². The van der Waals surface area contributed by atoms with Crippen molar-refractivity contribution in [3.63, 3.8) is 0 Å². The number of anilines is 1. The molecule has 0 unspecified atom stereocenters. The largest absolute Gasteiger partial charge is 0.478 e. The number of methoxy groups -OCH3 is 2. The van der Waals surface area contributed by atoms with E-state index in [0.29, 0.717) is 32.1 Å². The molecule has 0 bridgehead atoms. The lowest BCUT2D eigenvalue weighted by Crippen LogP contribution is -2.31. The SMILES string of the molecule is COCCCN(CCOC)c1nc(C)ccc1C(=O)O. The average molecular weight is 282 g/mol. The van der Waals surface area contributed by atoms with E-state index in [4.69, 9.17) is 9.47 Å². The summed E-state index contributed by atoms with van der Waals surface area (Å²) in [7, 11) is 3.27. The maximum atomic E-state index is 11.3. The van der Waals surface area contributed by atoms with Crippen molar-refractivity contribution in [3.05, 3.63) is 23.4 Å². The molecule has 1 N–H and O–H groups in total.